The molecule has 4 aromatic rings. The minimum atomic E-state index is -0.308. The summed E-state index contributed by atoms with van der Waals surface area (Å²) in [6.45, 7) is 2.45. The van der Waals surface area contributed by atoms with E-state index in [1.807, 2.05) is 36.6 Å². The lowest BCUT2D eigenvalue weighted by molar-refractivity contribution is 0.560. The zero-order valence-electron chi connectivity index (χ0n) is 15.0. The Labute approximate surface area is 170 Å². The van der Waals surface area contributed by atoms with Gasteiger partial charge in [-0.3, -0.25) is 4.79 Å². The molecule has 0 aliphatic rings. The largest absolute Gasteiger partial charge is 0.309 e. The fourth-order valence-electron chi connectivity index (χ4n) is 3.06. The molecule has 0 fully saturated rings. The molecule has 28 heavy (non-hydrogen) atoms. The van der Waals surface area contributed by atoms with Crippen LogP contribution in [0.2, 0.25) is 5.02 Å². The second-order valence-electron chi connectivity index (χ2n) is 6.51. The molecule has 0 saturated heterocycles. The van der Waals surface area contributed by atoms with Gasteiger partial charge in [-0.2, -0.15) is 0 Å². The Bertz CT molecular complexity index is 1190. The molecule has 2 aromatic carbocycles. The zero-order valence-corrected chi connectivity index (χ0v) is 16.6. The van der Waals surface area contributed by atoms with E-state index in [2.05, 4.69) is 15.3 Å². The zero-order chi connectivity index (χ0) is 19.7. The van der Waals surface area contributed by atoms with E-state index in [1.54, 1.807) is 12.1 Å². The molecule has 142 valence electrons. The molecule has 4 rings (SSSR count). The van der Waals surface area contributed by atoms with E-state index in [4.69, 9.17) is 11.6 Å². The standard InChI is InChI=1S/C21H17ClFN3OS/c1-12(14-3-2-4-15(22)9-14)24-10-18-25-20(27)19-17(11-28-21(19)26-18)13-5-7-16(23)8-6-13/h2-9,11-12,24H,10H2,1H3,(H,25,26,27)/t12-/m1/s1. The number of H-pyrrole nitrogens is 1. The summed E-state index contributed by atoms with van der Waals surface area (Å²) >= 11 is 7.45. The van der Waals surface area contributed by atoms with Crippen LogP contribution in [-0.2, 0) is 6.54 Å². The molecule has 0 unspecified atom stereocenters. The Balaban J connectivity index is 1.58. The van der Waals surface area contributed by atoms with Crippen LogP contribution in [-0.4, -0.2) is 9.97 Å². The van der Waals surface area contributed by atoms with Crippen LogP contribution in [0.1, 0.15) is 24.4 Å². The fourth-order valence-corrected chi connectivity index (χ4v) is 4.23. The van der Waals surface area contributed by atoms with Gasteiger partial charge < -0.3 is 10.3 Å². The van der Waals surface area contributed by atoms with E-state index < -0.39 is 0 Å². The van der Waals surface area contributed by atoms with Crippen LogP contribution in [0.3, 0.4) is 0 Å². The highest BCUT2D eigenvalue weighted by Crippen LogP contribution is 2.30. The van der Waals surface area contributed by atoms with Crippen LogP contribution in [0.25, 0.3) is 21.3 Å². The number of aromatic amines is 1. The summed E-state index contributed by atoms with van der Waals surface area (Å²) in [6, 6.07) is 13.8. The van der Waals surface area contributed by atoms with Gasteiger partial charge >= 0.3 is 0 Å². The van der Waals surface area contributed by atoms with Crippen molar-refractivity contribution >= 4 is 33.2 Å². The molecule has 0 aliphatic heterocycles. The number of aromatic nitrogens is 2. The minimum Gasteiger partial charge on any atom is -0.309 e. The Morgan fingerprint density at radius 2 is 2.04 bits per heavy atom. The van der Waals surface area contributed by atoms with Crippen molar-refractivity contribution in [3.8, 4) is 11.1 Å². The lowest BCUT2D eigenvalue weighted by atomic mass is 10.1. The van der Waals surface area contributed by atoms with Gasteiger partial charge in [0.05, 0.1) is 11.9 Å². The first kappa shape index (κ1) is 18.8. The number of nitrogens with one attached hydrogen (secondary N) is 2. The van der Waals surface area contributed by atoms with Crippen LogP contribution >= 0.6 is 22.9 Å². The van der Waals surface area contributed by atoms with Crippen LogP contribution in [0.15, 0.2) is 58.7 Å². The van der Waals surface area contributed by atoms with Crippen molar-refractivity contribution in [3.63, 3.8) is 0 Å². The summed E-state index contributed by atoms with van der Waals surface area (Å²) in [5, 5.41) is 6.45. The summed E-state index contributed by atoms with van der Waals surface area (Å²) in [7, 11) is 0. The van der Waals surface area contributed by atoms with Crippen molar-refractivity contribution in [2.45, 2.75) is 19.5 Å². The predicted octanol–water partition coefficient (Wildman–Crippen LogP) is 5.29. The van der Waals surface area contributed by atoms with Gasteiger partial charge in [0.15, 0.2) is 0 Å². The number of hydrogen-bond acceptors (Lipinski definition) is 4. The molecule has 0 saturated carbocycles. The van der Waals surface area contributed by atoms with Crippen molar-refractivity contribution in [2.24, 2.45) is 0 Å². The highest BCUT2D eigenvalue weighted by Gasteiger charge is 2.14. The van der Waals surface area contributed by atoms with Gasteiger partial charge in [-0.25, -0.2) is 9.37 Å². The quantitative estimate of drug-likeness (QED) is 0.467. The molecule has 2 aromatic heterocycles. The van der Waals surface area contributed by atoms with E-state index in [1.165, 1.54) is 23.5 Å². The molecule has 4 nitrogen and oxygen atoms in total. The molecule has 0 aliphatic carbocycles. The Morgan fingerprint density at radius 1 is 1.25 bits per heavy atom. The average Bonchev–Trinajstić information content (AvgIpc) is 3.11. The third kappa shape index (κ3) is 3.85. The normalized spacial score (nSPS) is 12.4. The van der Waals surface area contributed by atoms with Gasteiger partial charge in [0, 0.05) is 22.0 Å². The van der Waals surface area contributed by atoms with Crippen LogP contribution < -0.4 is 10.9 Å². The maximum atomic E-state index is 13.2. The number of thiophene rings is 1. The van der Waals surface area contributed by atoms with Crippen molar-refractivity contribution in [3.05, 3.63) is 86.5 Å². The maximum Gasteiger partial charge on any atom is 0.260 e. The summed E-state index contributed by atoms with van der Waals surface area (Å²) in [4.78, 5) is 20.8. The summed E-state index contributed by atoms with van der Waals surface area (Å²) in [5.41, 5.74) is 2.42. The molecular weight excluding hydrogens is 397 g/mol. The fraction of sp³-hybridized carbons (Fsp3) is 0.143. The van der Waals surface area contributed by atoms with E-state index in [-0.39, 0.29) is 17.4 Å². The molecule has 2 N–H and O–H groups in total. The van der Waals surface area contributed by atoms with E-state index >= 15 is 0 Å². The lowest BCUT2D eigenvalue weighted by Gasteiger charge is -2.14. The van der Waals surface area contributed by atoms with Crippen molar-refractivity contribution in [1.29, 1.82) is 0 Å². The molecule has 2 heterocycles. The van der Waals surface area contributed by atoms with Crippen molar-refractivity contribution in [2.75, 3.05) is 0 Å². The van der Waals surface area contributed by atoms with E-state index in [0.717, 1.165) is 16.7 Å². The number of nitrogens with zero attached hydrogens (tertiary/aromatic N) is 1. The highest BCUT2D eigenvalue weighted by atomic mass is 35.5. The molecule has 0 spiro atoms. The number of hydrogen-bond donors (Lipinski definition) is 2. The van der Waals surface area contributed by atoms with Gasteiger partial charge in [-0.1, -0.05) is 35.9 Å². The van der Waals surface area contributed by atoms with E-state index in [9.17, 15) is 9.18 Å². The number of halogens is 2. The maximum absolute atomic E-state index is 13.2. The molecule has 7 heteroatoms. The average molecular weight is 414 g/mol. The topological polar surface area (TPSA) is 57.8 Å². The predicted molar refractivity (Wildman–Crippen MR) is 112 cm³/mol. The third-order valence-electron chi connectivity index (χ3n) is 4.57. The van der Waals surface area contributed by atoms with Gasteiger partial charge in [-0.15, -0.1) is 11.3 Å². The minimum absolute atomic E-state index is 0.0535. The number of fused-ring (bicyclic) bond motifs is 1. The first-order chi connectivity index (χ1) is 13.5. The SMILES string of the molecule is C[C@@H](NCc1nc2scc(-c3ccc(F)cc3)c2c(=O)[nH]1)c1cccc(Cl)c1. The van der Waals surface area contributed by atoms with Gasteiger partial charge in [0.25, 0.3) is 5.56 Å². The number of rotatable bonds is 5. The Morgan fingerprint density at radius 3 is 2.79 bits per heavy atom. The van der Waals surface area contributed by atoms with Crippen molar-refractivity contribution in [1.82, 2.24) is 15.3 Å². The van der Waals surface area contributed by atoms with Crippen LogP contribution in [0, 0.1) is 5.82 Å². The summed E-state index contributed by atoms with van der Waals surface area (Å²) in [6.07, 6.45) is 0. The highest BCUT2D eigenvalue weighted by molar-refractivity contribution is 7.17. The summed E-state index contributed by atoms with van der Waals surface area (Å²) in [5.74, 6) is 0.261. The van der Waals surface area contributed by atoms with Gasteiger partial charge in [0.2, 0.25) is 0 Å². The smallest absolute Gasteiger partial charge is 0.260 e. The second kappa shape index (κ2) is 7.83. The Hall–Kier alpha value is -2.54. The molecule has 0 radical (unpaired) electrons. The first-order valence-electron chi connectivity index (χ1n) is 8.76. The summed E-state index contributed by atoms with van der Waals surface area (Å²) < 4.78 is 13.2. The first-order valence-corrected chi connectivity index (χ1v) is 10.0. The Kier molecular flexibility index (Phi) is 5.26. The molecule has 0 amide bonds. The van der Waals surface area contributed by atoms with Gasteiger partial charge in [-0.05, 0) is 42.3 Å². The van der Waals surface area contributed by atoms with Crippen LogP contribution in [0.4, 0.5) is 4.39 Å². The lowest BCUT2D eigenvalue weighted by Crippen LogP contribution is -2.22. The monoisotopic (exact) mass is 413 g/mol. The van der Waals surface area contributed by atoms with Crippen LogP contribution in [0.5, 0.6) is 0 Å². The second-order valence-corrected chi connectivity index (χ2v) is 7.80. The van der Waals surface area contributed by atoms with Gasteiger partial charge in [0.1, 0.15) is 16.5 Å². The van der Waals surface area contributed by atoms with Crippen molar-refractivity contribution < 1.29 is 4.39 Å². The molecule has 1 atom stereocenters. The van der Waals surface area contributed by atoms with E-state index in [0.29, 0.717) is 27.6 Å². The molecule has 0 bridgehead atoms. The molecular formula is C21H17ClFN3OS. The third-order valence-corrected chi connectivity index (χ3v) is 5.68. The number of benzene rings is 2.